The van der Waals surface area contributed by atoms with E-state index in [1.165, 1.54) is 6.92 Å². The van der Waals surface area contributed by atoms with E-state index in [-0.39, 0.29) is 6.42 Å². The van der Waals surface area contributed by atoms with Crippen LogP contribution in [0, 0.1) is 0 Å². The molecule has 0 saturated carbocycles. The summed E-state index contributed by atoms with van der Waals surface area (Å²) in [7, 11) is 0. The van der Waals surface area contributed by atoms with E-state index in [1.807, 2.05) is 24.3 Å². The van der Waals surface area contributed by atoms with Gasteiger partial charge in [-0.3, -0.25) is 4.79 Å². The highest BCUT2D eigenvalue weighted by Crippen LogP contribution is 2.19. The number of nitrogens with one attached hydrogen (secondary N) is 2. The van der Waals surface area contributed by atoms with Crippen LogP contribution in [0.2, 0.25) is 0 Å². The van der Waals surface area contributed by atoms with E-state index in [1.54, 1.807) is 6.20 Å². The summed E-state index contributed by atoms with van der Waals surface area (Å²) in [5, 5.41) is 12.6. The molecule has 1 heterocycles. The molecule has 0 fully saturated rings. The number of H-pyrrole nitrogens is 1. The highest BCUT2D eigenvalue weighted by molar-refractivity contribution is 5.88. The normalized spacial score (nSPS) is 13.9. The van der Waals surface area contributed by atoms with Crippen molar-refractivity contribution in [2.45, 2.75) is 25.4 Å². The molecule has 5 N–H and O–H groups in total. The second-order valence-corrected chi connectivity index (χ2v) is 4.75. The summed E-state index contributed by atoms with van der Waals surface area (Å²) in [6.07, 6.45) is 1.97. The zero-order valence-electron chi connectivity index (χ0n) is 11.1. The number of amides is 1. The molecule has 106 valence electrons. The number of hydrogen-bond acceptors (Lipinski definition) is 3. The van der Waals surface area contributed by atoms with E-state index in [4.69, 9.17) is 5.73 Å². The summed E-state index contributed by atoms with van der Waals surface area (Å²) in [5.41, 5.74) is 7.22. The number of nitrogens with two attached hydrogens (primary N) is 1. The van der Waals surface area contributed by atoms with Crippen molar-refractivity contribution in [2.24, 2.45) is 5.73 Å². The van der Waals surface area contributed by atoms with Crippen LogP contribution in [0.3, 0.4) is 0 Å². The molecule has 2 rings (SSSR count). The highest BCUT2D eigenvalue weighted by Gasteiger charge is 2.22. The molecule has 0 aliphatic rings. The van der Waals surface area contributed by atoms with Gasteiger partial charge in [0.15, 0.2) is 0 Å². The van der Waals surface area contributed by atoms with E-state index in [0.29, 0.717) is 0 Å². The van der Waals surface area contributed by atoms with E-state index in [9.17, 15) is 14.7 Å². The van der Waals surface area contributed by atoms with Gasteiger partial charge in [0.05, 0.1) is 6.04 Å². The number of benzene rings is 1. The van der Waals surface area contributed by atoms with Gasteiger partial charge in [-0.15, -0.1) is 0 Å². The SMILES string of the molecule is C[C@@H](N)C(=O)N[C@@H](Cc1c[nH]c2ccccc12)C(=O)O. The van der Waals surface area contributed by atoms with Crippen molar-refractivity contribution < 1.29 is 14.7 Å². The van der Waals surface area contributed by atoms with Crippen molar-refractivity contribution in [1.29, 1.82) is 0 Å². The zero-order chi connectivity index (χ0) is 14.7. The van der Waals surface area contributed by atoms with Crippen molar-refractivity contribution in [1.82, 2.24) is 10.3 Å². The number of hydrogen-bond donors (Lipinski definition) is 4. The number of aromatic amines is 1. The lowest BCUT2D eigenvalue weighted by molar-refractivity contribution is -0.141. The molecule has 0 aliphatic carbocycles. The second-order valence-electron chi connectivity index (χ2n) is 4.75. The van der Waals surface area contributed by atoms with E-state index < -0.39 is 24.0 Å². The van der Waals surface area contributed by atoms with Crippen molar-refractivity contribution in [2.75, 3.05) is 0 Å². The third kappa shape index (κ3) is 2.97. The lowest BCUT2D eigenvalue weighted by Crippen LogP contribution is -2.48. The quantitative estimate of drug-likeness (QED) is 0.641. The molecule has 0 aliphatic heterocycles. The molecular formula is C14H17N3O3. The summed E-state index contributed by atoms with van der Waals surface area (Å²) < 4.78 is 0. The second kappa shape index (κ2) is 5.75. The smallest absolute Gasteiger partial charge is 0.326 e. The third-order valence-electron chi connectivity index (χ3n) is 3.13. The fraction of sp³-hybridized carbons (Fsp3) is 0.286. The lowest BCUT2D eigenvalue weighted by atomic mass is 10.0. The molecule has 6 nitrogen and oxygen atoms in total. The predicted octanol–water partition coefficient (Wildman–Crippen LogP) is 0.627. The Morgan fingerprint density at radius 1 is 1.40 bits per heavy atom. The average molecular weight is 275 g/mol. The van der Waals surface area contributed by atoms with Gasteiger partial charge in [-0.1, -0.05) is 18.2 Å². The molecule has 20 heavy (non-hydrogen) atoms. The number of carboxylic acids is 1. The van der Waals surface area contributed by atoms with Crippen LogP contribution in [0.1, 0.15) is 12.5 Å². The summed E-state index contributed by atoms with van der Waals surface area (Å²) in [5.74, 6) is -1.55. The van der Waals surface area contributed by atoms with Crippen LogP contribution < -0.4 is 11.1 Å². The van der Waals surface area contributed by atoms with Gasteiger partial charge in [0.25, 0.3) is 0 Å². The zero-order valence-corrected chi connectivity index (χ0v) is 11.1. The van der Waals surface area contributed by atoms with Gasteiger partial charge in [-0.05, 0) is 18.6 Å². The fourth-order valence-corrected chi connectivity index (χ4v) is 2.02. The number of fused-ring (bicyclic) bond motifs is 1. The van der Waals surface area contributed by atoms with Gasteiger partial charge in [0.1, 0.15) is 6.04 Å². The molecule has 0 saturated heterocycles. The summed E-state index contributed by atoms with van der Waals surface area (Å²) in [6, 6.07) is 5.88. The van der Waals surface area contributed by atoms with Crippen LogP contribution in [0.25, 0.3) is 10.9 Å². The fourth-order valence-electron chi connectivity index (χ4n) is 2.02. The Morgan fingerprint density at radius 2 is 2.10 bits per heavy atom. The minimum atomic E-state index is -1.08. The number of aliphatic carboxylic acids is 1. The molecule has 1 amide bonds. The summed E-state index contributed by atoms with van der Waals surface area (Å²) in [4.78, 5) is 25.9. The predicted molar refractivity (Wildman–Crippen MR) is 75.2 cm³/mol. The first-order chi connectivity index (χ1) is 9.49. The maximum Gasteiger partial charge on any atom is 0.326 e. The standard InChI is InChI=1S/C14H17N3O3/c1-8(15)13(18)17-12(14(19)20)6-9-7-16-11-5-3-2-4-10(9)11/h2-5,7-8,12,16H,6,15H2,1H3,(H,17,18)(H,19,20)/t8-,12+/m1/s1. The molecule has 0 spiro atoms. The molecule has 1 aromatic carbocycles. The number of carboxylic acid groups (broad SMARTS) is 1. The Balaban J connectivity index is 2.20. The van der Waals surface area contributed by atoms with Gasteiger partial charge >= 0.3 is 5.97 Å². The summed E-state index contributed by atoms with van der Waals surface area (Å²) in [6.45, 7) is 1.51. The van der Waals surface area contributed by atoms with Crippen LogP contribution in [0.4, 0.5) is 0 Å². The molecular weight excluding hydrogens is 258 g/mol. The van der Waals surface area contributed by atoms with Crippen LogP contribution in [-0.2, 0) is 16.0 Å². The van der Waals surface area contributed by atoms with Crippen LogP contribution >= 0.6 is 0 Å². The Morgan fingerprint density at radius 3 is 2.75 bits per heavy atom. The molecule has 2 aromatic rings. The van der Waals surface area contributed by atoms with Crippen LogP contribution in [0.5, 0.6) is 0 Å². The Bertz CT molecular complexity index is 633. The monoisotopic (exact) mass is 275 g/mol. The van der Waals surface area contributed by atoms with E-state index in [0.717, 1.165) is 16.5 Å². The first kappa shape index (κ1) is 14.1. The van der Waals surface area contributed by atoms with Crippen molar-refractivity contribution in [3.63, 3.8) is 0 Å². The number of carbonyl (C=O) groups is 2. The largest absolute Gasteiger partial charge is 0.480 e. The Kier molecular flexibility index (Phi) is 4.05. The minimum Gasteiger partial charge on any atom is -0.480 e. The molecule has 2 atom stereocenters. The number of carbonyl (C=O) groups excluding carboxylic acids is 1. The molecule has 1 aromatic heterocycles. The Hall–Kier alpha value is -2.34. The van der Waals surface area contributed by atoms with Crippen LogP contribution in [0.15, 0.2) is 30.5 Å². The maximum absolute atomic E-state index is 11.5. The first-order valence-corrected chi connectivity index (χ1v) is 6.33. The van der Waals surface area contributed by atoms with Gasteiger partial charge in [0, 0.05) is 23.5 Å². The number of aromatic nitrogens is 1. The number of rotatable bonds is 5. The summed E-state index contributed by atoms with van der Waals surface area (Å²) >= 11 is 0. The third-order valence-corrected chi connectivity index (χ3v) is 3.13. The van der Waals surface area contributed by atoms with Crippen LogP contribution in [-0.4, -0.2) is 34.1 Å². The highest BCUT2D eigenvalue weighted by atomic mass is 16.4. The molecule has 0 unspecified atom stereocenters. The van der Waals surface area contributed by atoms with E-state index >= 15 is 0 Å². The van der Waals surface area contributed by atoms with E-state index in [2.05, 4.69) is 10.3 Å². The van der Waals surface area contributed by atoms with Crippen molar-refractivity contribution in [3.05, 3.63) is 36.0 Å². The lowest BCUT2D eigenvalue weighted by Gasteiger charge is -2.15. The van der Waals surface area contributed by atoms with Gasteiger partial charge in [-0.25, -0.2) is 4.79 Å². The first-order valence-electron chi connectivity index (χ1n) is 6.33. The molecule has 0 bridgehead atoms. The average Bonchev–Trinajstić information content (AvgIpc) is 2.81. The van der Waals surface area contributed by atoms with Crippen molar-refractivity contribution >= 4 is 22.8 Å². The molecule has 6 heteroatoms. The molecule has 0 radical (unpaired) electrons. The van der Waals surface area contributed by atoms with Gasteiger partial charge < -0.3 is 21.1 Å². The van der Waals surface area contributed by atoms with Gasteiger partial charge in [0.2, 0.25) is 5.91 Å². The van der Waals surface area contributed by atoms with Crippen molar-refractivity contribution in [3.8, 4) is 0 Å². The maximum atomic E-state index is 11.5. The minimum absolute atomic E-state index is 0.206. The topological polar surface area (TPSA) is 108 Å². The van der Waals surface area contributed by atoms with Gasteiger partial charge in [-0.2, -0.15) is 0 Å². The number of para-hydroxylation sites is 1. The Labute approximate surface area is 116 Å².